The van der Waals surface area contributed by atoms with Crippen LogP contribution in [0.15, 0.2) is 0 Å². The maximum atomic E-state index is 8.58. The van der Waals surface area contributed by atoms with Crippen molar-refractivity contribution < 1.29 is 36.3 Å². The van der Waals surface area contributed by atoms with Crippen molar-refractivity contribution in [1.82, 2.24) is 0 Å². The van der Waals surface area contributed by atoms with Gasteiger partial charge in [-0.25, -0.2) is 0 Å². The van der Waals surface area contributed by atoms with Crippen molar-refractivity contribution in [3.8, 4) is 0 Å². The molecular formula is CuO4SiSr. The van der Waals surface area contributed by atoms with Crippen LogP contribution >= 0.6 is 0 Å². The van der Waals surface area contributed by atoms with Crippen molar-refractivity contribution in [2.75, 3.05) is 0 Å². The van der Waals surface area contributed by atoms with Gasteiger partial charge in [0.05, 0.1) is 0 Å². The second-order valence-corrected chi connectivity index (χ2v) is 1.50. The first-order valence-corrected chi connectivity index (χ1v) is 2.45. The molecule has 0 rings (SSSR count). The predicted octanol–water partition coefficient (Wildman–Crippen LogP) is -5.52. The van der Waals surface area contributed by atoms with Crippen molar-refractivity contribution in [2.45, 2.75) is 0 Å². The molecule has 0 aliphatic carbocycles. The molecule has 0 aliphatic heterocycles. The molecular weight excluding hydrogens is 243 g/mol. The van der Waals surface area contributed by atoms with E-state index < -0.39 is 9.05 Å². The van der Waals surface area contributed by atoms with Crippen LogP contribution in [0.4, 0.5) is 0 Å². The van der Waals surface area contributed by atoms with Crippen LogP contribution < -0.4 is 19.2 Å². The minimum atomic E-state index is -5.61. The molecule has 0 N–H and O–H groups in total. The third-order valence-electron chi connectivity index (χ3n) is 0. The Morgan fingerprint density at radius 2 is 0.857 bits per heavy atom. The molecule has 0 bridgehead atoms. The van der Waals surface area contributed by atoms with Crippen molar-refractivity contribution >= 4 is 54.5 Å². The molecule has 7 heavy (non-hydrogen) atoms. The van der Waals surface area contributed by atoms with Gasteiger partial charge in [-0.15, -0.1) is 0 Å². The van der Waals surface area contributed by atoms with Crippen LogP contribution in [0.1, 0.15) is 0 Å². The molecule has 0 aromatic carbocycles. The molecule has 0 aromatic rings. The fourth-order valence-electron chi connectivity index (χ4n) is 0. The van der Waals surface area contributed by atoms with E-state index in [1.165, 1.54) is 0 Å². The molecule has 0 spiro atoms. The Hall–Kier alpha value is 2.06. The molecule has 4 nitrogen and oxygen atoms in total. The average Bonchev–Trinajstić information content (AvgIpc) is 0.722. The first kappa shape index (κ1) is 16.0. The van der Waals surface area contributed by atoms with Crippen LogP contribution in [-0.2, 0) is 17.1 Å². The normalized spacial score (nSPS) is 8.57. The monoisotopic (exact) mass is 243 g/mol. The van der Waals surface area contributed by atoms with Gasteiger partial charge in [-0.3, -0.25) is 0 Å². The van der Waals surface area contributed by atoms with Crippen LogP contribution in [0.3, 0.4) is 0 Å². The zero-order valence-corrected chi connectivity index (χ0v) is 8.56. The molecule has 1 radical (unpaired) electrons. The summed E-state index contributed by atoms with van der Waals surface area (Å²) in [6.07, 6.45) is 0. The van der Waals surface area contributed by atoms with Gasteiger partial charge in [0, 0.05) is 0 Å². The van der Waals surface area contributed by atoms with E-state index in [1.54, 1.807) is 0 Å². The van der Waals surface area contributed by atoms with Crippen LogP contribution in [0.5, 0.6) is 0 Å². The van der Waals surface area contributed by atoms with E-state index in [4.69, 9.17) is 19.2 Å². The van der Waals surface area contributed by atoms with Gasteiger partial charge in [-0.1, -0.05) is 0 Å². The van der Waals surface area contributed by atoms with E-state index in [0.717, 1.165) is 0 Å². The molecule has 0 aliphatic rings. The molecule has 0 unspecified atom stereocenters. The summed E-state index contributed by atoms with van der Waals surface area (Å²) in [5.41, 5.74) is 0. The Labute approximate surface area is 89.4 Å². The fourth-order valence-corrected chi connectivity index (χ4v) is 0. The average molecular weight is 243 g/mol. The second-order valence-electron chi connectivity index (χ2n) is 0.500. The van der Waals surface area contributed by atoms with E-state index >= 15 is 0 Å². The van der Waals surface area contributed by atoms with E-state index in [0.29, 0.717) is 0 Å². The molecule has 0 amide bonds. The Morgan fingerprint density at radius 1 is 0.857 bits per heavy atom. The van der Waals surface area contributed by atoms with Gasteiger partial charge in [-0.05, 0) is 0 Å². The summed E-state index contributed by atoms with van der Waals surface area (Å²) < 4.78 is 0. The van der Waals surface area contributed by atoms with Gasteiger partial charge < -0.3 is 28.2 Å². The van der Waals surface area contributed by atoms with Crippen molar-refractivity contribution in [3.05, 3.63) is 0 Å². The summed E-state index contributed by atoms with van der Waals surface area (Å²) in [6.45, 7) is 0. The van der Waals surface area contributed by atoms with Crippen LogP contribution in [0.25, 0.3) is 0 Å². The Morgan fingerprint density at radius 3 is 0.857 bits per heavy atom. The number of rotatable bonds is 0. The third kappa shape index (κ3) is 69.9. The maximum Gasteiger partial charge on any atom is 2.00 e. The van der Waals surface area contributed by atoms with Crippen molar-refractivity contribution in [2.24, 2.45) is 0 Å². The van der Waals surface area contributed by atoms with Gasteiger partial charge in [0.1, 0.15) is 0 Å². The molecule has 7 heteroatoms. The second kappa shape index (κ2) is 6.18. The quantitative estimate of drug-likeness (QED) is 0.397. The molecule has 0 heterocycles. The molecule has 0 saturated heterocycles. The molecule has 0 atom stereocenters. The first-order valence-electron chi connectivity index (χ1n) is 0.816. The topological polar surface area (TPSA) is 92.2 Å². The van der Waals surface area contributed by atoms with E-state index in [2.05, 4.69) is 0 Å². The Kier molecular flexibility index (Phi) is 14.2. The van der Waals surface area contributed by atoms with Crippen LogP contribution in [0, 0.1) is 0 Å². The summed E-state index contributed by atoms with van der Waals surface area (Å²) in [6, 6.07) is 0. The SMILES string of the molecule is [Cu+2].[O-][Si]([O-])([O-])[O-].[Sr+2]. The summed E-state index contributed by atoms with van der Waals surface area (Å²) in [5.74, 6) is 0. The van der Waals surface area contributed by atoms with Gasteiger partial charge in [-0.2, -0.15) is 0 Å². The Bertz CT molecular complexity index is 27.2. The van der Waals surface area contributed by atoms with Crippen LogP contribution in [0.2, 0.25) is 0 Å². The summed E-state index contributed by atoms with van der Waals surface area (Å²) in [5, 5.41) is 0. The fraction of sp³-hybridized carbons (Fsp3) is 0. The van der Waals surface area contributed by atoms with E-state index in [1.807, 2.05) is 0 Å². The zero-order chi connectivity index (χ0) is 4.50. The molecule has 0 fully saturated rings. The third-order valence-corrected chi connectivity index (χ3v) is 0. The summed E-state index contributed by atoms with van der Waals surface area (Å²) in [4.78, 5) is 34.3. The van der Waals surface area contributed by atoms with Gasteiger partial charge in [0.15, 0.2) is 0 Å². The maximum absolute atomic E-state index is 8.58. The standard InChI is InChI=1S/Cu.O4Si.Sr/c;1-5(2,3)4;/q+2;-4;+2. The molecule has 0 saturated carbocycles. The smallest absolute Gasteiger partial charge is 0.894 e. The first-order chi connectivity index (χ1) is 2.00. The summed E-state index contributed by atoms with van der Waals surface area (Å²) in [7, 11) is -5.61. The minimum absolute atomic E-state index is 0. The van der Waals surface area contributed by atoms with Gasteiger partial charge in [0.25, 0.3) is 0 Å². The van der Waals surface area contributed by atoms with Crippen LogP contribution in [-0.4, -0.2) is 54.5 Å². The van der Waals surface area contributed by atoms with Crippen molar-refractivity contribution in [1.29, 1.82) is 0 Å². The number of hydrogen-bond donors (Lipinski definition) is 0. The van der Waals surface area contributed by atoms with Gasteiger partial charge in [0.2, 0.25) is 0 Å². The molecule has 41 valence electrons. The zero-order valence-electron chi connectivity index (χ0n) is 3.14. The Balaban J connectivity index is -0.0000000800. The van der Waals surface area contributed by atoms with Crippen molar-refractivity contribution in [3.63, 3.8) is 0 Å². The van der Waals surface area contributed by atoms with Gasteiger partial charge >= 0.3 is 62.6 Å². The number of hydrogen-bond acceptors (Lipinski definition) is 4. The van der Waals surface area contributed by atoms with E-state index in [-0.39, 0.29) is 62.6 Å². The minimum Gasteiger partial charge on any atom is -0.894 e. The van der Waals surface area contributed by atoms with E-state index in [9.17, 15) is 0 Å². The largest absolute Gasteiger partial charge is 2.00 e. The molecule has 0 aromatic heterocycles. The predicted molar refractivity (Wildman–Crippen MR) is 11.5 cm³/mol. The summed E-state index contributed by atoms with van der Waals surface area (Å²) >= 11 is 0.